The minimum absolute atomic E-state index is 0. The second kappa shape index (κ2) is 12.8. The van der Waals surface area contributed by atoms with Crippen molar-refractivity contribution in [3.05, 3.63) is 84.2 Å². The van der Waals surface area contributed by atoms with Gasteiger partial charge in [-0.05, 0) is 67.1 Å². The number of nitrogens with one attached hydrogen (secondary N) is 1. The zero-order valence-electron chi connectivity index (χ0n) is 23.0. The van der Waals surface area contributed by atoms with Crippen molar-refractivity contribution in [2.24, 2.45) is 11.3 Å². The summed E-state index contributed by atoms with van der Waals surface area (Å²) in [6.07, 6.45) is 7.33. The number of hydrogen-bond acceptors (Lipinski definition) is 4. The predicted molar refractivity (Wildman–Crippen MR) is 156 cm³/mol. The maximum atomic E-state index is 13.0. The van der Waals surface area contributed by atoms with E-state index in [0.29, 0.717) is 13.0 Å². The molecule has 1 N–H and O–H groups in total. The second-order valence-corrected chi connectivity index (χ2v) is 11.3. The summed E-state index contributed by atoms with van der Waals surface area (Å²) in [6, 6.07) is 20.5. The second-order valence-electron chi connectivity index (χ2n) is 11.3. The normalized spacial score (nSPS) is 17.8. The Morgan fingerprint density at radius 2 is 1.74 bits per heavy atom. The van der Waals surface area contributed by atoms with Gasteiger partial charge in [0, 0.05) is 44.4 Å². The van der Waals surface area contributed by atoms with Crippen molar-refractivity contribution in [2.75, 3.05) is 26.2 Å². The molecule has 2 aliphatic heterocycles. The van der Waals surface area contributed by atoms with Crippen LogP contribution in [0.25, 0.3) is 5.69 Å². The molecule has 5 rings (SSSR count). The monoisotopic (exact) mass is 549 g/mol. The Balaban J connectivity index is 0.00000353. The highest BCUT2D eigenvalue weighted by Crippen LogP contribution is 2.41. The molecule has 3 heterocycles. The molecule has 0 radical (unpaired) electrons. The molecule has 208 valence electrons. The summed E-state index contributed by atoms with van der Waals surface area (Å²) in [5, 5.41) is 7.53. The molecule has 0 bridgehead atoms. The topological polar surface area (TPSA) is 70.5 Å². The van der Waals surface area contributed by atoms with Gasteiger partial charge in [-0.3, -0.25) is 9.59 Å². The number of rotatable bonds is 9. The maximum Gasteiger partial charge on any atom is 0.223 e. The van der Waals surface area contributed by atoms with Crippen LogP contribution in [-0.4, -0.2) is 57.6 Å². The molecule has 2 saturated heterocycles. The molecule has 8 heteroatoms. The number of piperidine rings is 1. The van der Waals surface area contributed by atoms with Crippen molar-refractivity contribution in [1.82, 2.24) is 24.9 Å². The first-order chi connectivity index (χ1) is 18.4. The van der Waals surface area contributed by atoms with Crippen LogP contribution in [0.5, 0.6) is 0 Å². The zero-order valence-corrected chi connectivity index (χ0v) is 23.8. The highest BCUT2D eigenvalue weighted by Gasteiger charge is 2.44. The number of hydrogen-bond donors (Lipinski definition) is 1. The van der Waals surface area contributed by atoms with E-state index in [0.717, 1.165) is 62.3 Å². The minimum Gasteiger partial charge on any atom is -0.349 e. The van der Waals surface area contributed by atoms with E-state index in [1.54, 1.807) is 6.20 Å². The minimum atomic E-state index is -0.0340. The molecule has 39 heavy (non-hydrogen) atoms. The van der Waals surface area contributed by atoms with Gasteiger partial charge >= 0.3 is 0 Å². The van der Waals surface area contributed by atoms with Crippen LogP contribution >= 0.6 is 12.4 Å². The fourth-order valence-electron chi connectivity index (χ4n) is 5.77. The van der Waals surface area contributed by atoms with Crippen LogP contribution < -0.4 is 5.32 Å². The lowest BCUT2D eigenvalue weighted by Crippen LogP contribution is -2.43. The van der Waals surface area contributed by atoms with Crippen molar-refractivity contribution >= 4 is 24.2 Å². The van der Waals surface area contributed by atoms with E-state index >= 15 is 0 Å². The average molecular weight is 550 g/mol. The average Bonchev–Trinajstić information content (AvgIpc) is 3.57. The Hall–Kier alpha value is -3.16. The third-order valence-corrected chi connectivity index (χ3v) is 8.18. The lowest BCUT2D eigenvalue weighted by atomic mass is 9.77. The first-order valence-corrected chi connectivity index (χ1v) is 13.9. The summed E-state index contributed by atoms with van der Waals surface area (Å²) in [5.41, 5.74) is 3.42. The zero-order chi connectivity index (χ0) is 26.5. The lowest BCUT2D eigenvalue weighted by Gasteiger charge is -2.39. The molecule has 2 fully saturated rings. The number of nitrogens with zero attached hydrogens (tertiary/aromatic N) is 4. The van der Waals surface area contributed by atoms with Crippen LogP contribution in [0.15, 0.2) is 73.1 Å². The number of carbonyl (C=O) groups is 2. The summed E-state index contributed by atoms with van der Waals surface area (Å²) in [4.78, 5) is 30.0. The van der Waals surface area contributed by atoms with Crippen molar-refractivity contribution in [2.45, 2.75) is 52.1 Å². The Morgan fingerprint density at radius 1 is 1.03 bits per heavy atom. The van der Waals surface area contributed by atoms with Crippen molar-refractivity contribution in [1.29, 1.82) is 0 Å². The van der Waals surface area contributed by atoms with Gasteiger partial charge in [0.25, 0.3) is 0 Å². The molecule has 2 aromatic carbocycles. The lowest BCUT2D eigenvalue weighted by molar-refractivity contribution is -0.128. The number of aromatic nitrogens is 2. The summed E-state index contributed by atoms with van der Waals surface area (Å²) >= 11 is 0. The highest BCUT2D eigenvalue weighted by molar-refractivity contribution is 5.85. The molecule has 7 nitrogen and oxygen atoms in total. The van der Waals surface area contributed by atoms with E-state index < -0.39 is 0 Å². The molecule has 0 saturated carbocycles. The fraction of sp³-hybridized carbons (Fsp3) is 0.452. The van der Waals surface area contributed by atoms with Crippen molar-refractivity contribution in [3.63, 3.8) is 0 Å². The third-order valence-electron chi connectivity index (χ3n) is 8.18. The highest BCUT2D eigenvalue weighted by atomic mass is 35.5. The van der Waals surface area contributed by atoms with E-state index in [-0.39, 0.29) is 41.6 Å². The third kappa shape index (κ3) is 7.08. The number of carbonyl (C=O) groups excluding carboxylic acids is 2. The van der Waals surface area contributed by atoms with E-state index in [9.17, 15) is 9.59 Å². The molecular weight excluding hydrogens is 510 g/mol. The van der Waals surface area contributed by atoms with Crippen LogP contribution in [0.3, 0.4) is 0 Å². The Bertz CT molecular complexity index is 1210. The molecule has 2 amide bonds. The number of halogens is 1. The Morgan fingerprint density at radius 3 is 2.38 bits per heavy atom. The molecule has 3 aromatic rings. The van der Waals surface area contributed by atoms with E-state index in [2.05, 4.69) is 51.7 Å². The molecule has 1 spiro atoms. The van der Waals surface area contributed by atoms with Gasteiger partial charge in [0.05, 0.1) is 11.7 Å². The van der Waals surface area contributed by atoms with Gasteiger partial charge in [0.1, 0.15) is 0 Å². The maximum absolute atomic E-state index is 13.0. The quantitative estimate of drug-likeness (QED) is 0.407. The standard InChI is InChI=1S/C31H39N5O2.ClH/c1-24(2)30(38)33-28(26-7-4-3-5-8-26)13-18-34-19-14-31(15-20-34)21-29(37)35(23-31)22-25-9-11-27(12-10-25)36-17-6-16-32-36;/h3-12,16-17,24,28H,13-15,18-23H2,1-2H3,(H,33,38);1H. The predicted octanol–water partition coefficient (Wildman–Crippen LogP) is 5.01. The van der Waals surface area contributed by atoms with Gasteiger partial charge in [-0.1, -0.05) is 56.3 Å². The van der Waals surface area contributed by atoms with E-state index in [1.807, 2.05) is 53.9 Å². The van der Waals surface area contributed by atoms with Crippen LogP contribution in [0.2, 0.25) is 0 Å². The van der Waals surface area contributed by atoms with Gasteiger partial charge in [0.15, 0.2) is 0 Å². The van der Waals surface area contributed by atoms with Crippen LogP contribution in [0, 0.1) is 11.3 Å². The first-order valence-electron chi connectivity index (χ1n) is 13.9. The molecule has 1 atom stereocenters. The molecule has 2 aliphatic rings. The smallest absolute Gasteiger partial charge is 0.223 e. The molecule has 1 aromatic heterocycles. The van der Waals surface area contributed by atoms with Crippen LogP contribution in [-0.2, 0) is 16.1 Å². The van der Waals surface area contributed by atoms with Crippen molar-refractivity contribution < 1.29 is 9.59 Å². The Kier molecular flexibility index (Phi) is 9.46. The van der Waals surface area contributed by atoms with E-state index in [1.165, 1.54) is 0 Å². The fourth-order valence-corrected chi connectivity index (χ4v) is 5.77. The van der Waals surface area contributed by atoms with Gasteiger partial charge in [-0.15, -0.1) is 12.4 Å². The molecule has 1 unspecified atom stereocenters. The summed E-state index contributed by atoms with van der Waals surface area (Å²) in [6.45, 7) is 8.32. The van der Waals surface area contributed by atoms with Gasteiger partial charge in [-0.25, -0.2) is 4.68 Å². The summed E-state index contributed by atoms with van der Waals surface area (Å²) in [5.74, 6) is 0.334. The number of amides is 2. The number of benzene rings is 2. The van der Waals surface area contributed by atoms with Crippen LogP contribution in [0.4, 0.5) is 0 Å². The van der Waals surface area contributed by atoms with Crippen LogP contribution in [0.1, 0.15) is 56.7 Å². The first kappa shape index (κ1) is 28.8. The molecular formula is C31H40ClN5O2. The SMILES string of the molecule is CC(C)C(=O)NC(CCN1CCC2(CC1)CC(=O)N(Cc1ccc(-n3cccn3)cc1)C2)c1ccccc1.Cl. The van der Waals surface area contributed by atoms with Crippen molar-refractivity contribution in [3.8, 4) is 5.69 Å². The largest absolute Gasteiger partial charge is 0.349 e. The van der Waals surface area contributed by atoms with Gasteiger partial charge in [0.2, 0.25) is 11.8 Å². The Labute approximate surface area is 238 Å². The van der Waals surface area contributed by atoms with Gasteiger partial charge < -0.3 is 15.1 Å². The van der Waals surface area contributed by atoms with Gasteiger partial charge in [-0.2, -0.15) is 5.10 Å². The van der Waals surface area contributed by atoms with E-state index in [4.69, 9.17) is 0 Å². The molecule has 0 aliphatic carbocycles. The summed E-state index contributed by atoms with van der Waals surface area (Å²) < 4.78 is 1.84. The number of likely N-dealkylation sites (tertiary alicyclic amines) is 2. The summed E-state index contributed by atoms with van der Waals surface area (Å²) in [7, 11) is 0.